The minimum Gasteiger partial charge on any atom is -0.476 e. The van der Waals surface area contributed by atoms with Gasteiger partial charge in [0, 0.05) is 18.0 Å². The number of aromatic carboxylic acids is 1. The van der Waals surface area contributed by atoms with E-state index in [9.17, 15) is 4.79 Å². The van der Waals surface area contributed by atoms with Gasteiger partial charge < -0.3 is 14.7 Å². The van der Waals surface area contributed by atoms with E-state index < -0.39 is 5.97 Å². The number of hydrogen-bond acceptors (Lipinski definition) is 5. The van der Waals surface area contributed by atoms with Crippen LogP contribution in [0.5, 0.6) is 0 Å². The largest absolute Gasteiger partial charge is 0.476 e. The number of aromatic nitrogens is 1. The maximum absolute atomic E-state index is 11.0. The van der Waals surface area contributed by atoms with Gasteiger partial charge in [0.05, 0.1) is 11.7 Å². The predicted octanol–water partition coefficient (Wildman–Crippen LogP) is 2.15. The van der Waals surface area contributed by atoms with E-state index >= 15 is 0 Å². The number of morpholine rings is 1. The Balaban J connectivity index is 2.26. The Morgan fingerprint density at radius 1 is 1.61 bits per heavy atom. The summed E-state index contributed by atoms with van der Waals surface area (Å²) in [5.74, 6) is -0.962. The maximum Gasteiger partial charge on any atom is 0.355 e. The van der Waals surface area contributed by atoms with E-state index in [1.54, 1.807) is 6.92 Å². The Labute approximate surface area is 110 Å². The minimum absolute atomic E-state index is 0.117. The summed E-state index contributed by atoms with van der Waals surface area (Å²) in [6, 6.07) is 0. The first-order valence-corrected chi connectivity index (χ1v) is 6.73. The molecule has 1 saturated heterocycles. The molecule has 0 bridgehead atoms. The SMILES string of the molecule is Cc1sc(N2CC(C)OC(C)(C)C2)nc1C(=O)O. The zero-order valence-electron chi connectivity index (χ0n) is 11.1. The molecule has 2 rings (SSSR count). The van der Waals surface area contributed by atoms with Crippen molar-refractivity contribution in [3.8, 4) is 0 Å². The Morgan fingerprint density at radius 3 is 2.78 bits per heavy atom. The number of ether oxygens (including phenoxy) is 1. The summed E-state index contributed by atoms with van der Waals surface area (Å²) < 4.78 is 5.83. The van der Waals surface area contributed by atoms with Crippen molar-refractivity contribution in [3.63, 3.8) is 0 Å². The van der Waals surface area contributed by atoms with Crippen LogP contribution < -0.4 is 4.90 Å². The first-order chi connectivity index (χ1) is 8.28. The lowest BCUT2D eigenvalue weighted by Crippen LogP contribution is -2.52. The van der Waals surface area contributed by atoms with E-state index in [-0.39, 0.29) is 17.4 Å². The first-order valence-electron chi connectivity index (χ1n) is 5.92. The third-order valence-corrected chi connectivity index (χ3v) is 3.86. The molecule has 18 heavy (non-hydrogen) atoms. The van der Waals surface area contributed by atoms with E-state index in [4.69, 9.17) is 9.84 Å². The Bertz CT molecular complexity index is 470. The fourth-order valence-electron chi connectivity index (χ4n) is 2.32. The fourth-order valence-corrected chi connectivity index (χ4v) is 3.22. The van der Waals surface area contributed by atoms with Crippen molar-refractivity contribution < 1.29 is 14.6 Å². The number of hydrogen-bond donors (Lipinski definition) is 1. The molecule has 5 nitrogen and oxygen atoms in total. The highest BCUT2D eigenvalue weighted by Gasteiger charge is 2.33. The highest BCUT2D eigenvalue weighted by molar-refractivity contribution is 7.15. The van der Waals surface area contributed by atoms with Gasteiger partial charge in [-0.2, -0.15) is 0 Å². The summed E-state index contributed by atoms with van der Waals surface area (Å²) in [4.78, 5) is 18.1. The van der Waals surface area contributed by atoms with Gasteiger partial charge in [0.25, 0.3) is 0 Å². The van der Waals surface area contributed by atoms with Crippen LogP contribution in [-0.2, 0) is 4.74 Å². The number of carbonyl (C=O) groups is 1. The van der Waals surface area contributed by atoms with E-state index in [1.807, 2.05) is 20.8 Å². The molecule has 1 aliphatic heterocycles. The van der Waals surface area contributed by atoms with Crippen molar-refractivity contribution in [2.45, 2.75) is 39.4 Å². The van der Waals surface area contributed by atoms with Crippen LogP contribution in [0.4, 0.5) is 5.13 Å². The number of nitrogens with zero attached hydrogens (tertiary/aromatic N) is 2. The number of anilines is 1. The van der Waals surface area contributed by atoms with Crippen molar-refractivity contribution in [3.05, 3.63) is 10.6 Å². The van der Waals surface area contributed by atoms with Crippen molar-refractivity contribution in [1.29, 1.82) is 0 Å². The Hall–Kier alpha value is -1.14. The van der Waals surface area contributed by atoms with Crippen LogP contribution in [0.15, 0.2) is 0 Å². The molecular weight excluding hydrogens is 252 g/mol. The van der Waals surface area contributed by atoms with Gasteiger partial charge >= 0.3 is 5.97 Å². The van der Waals surface area contributed by atoms with E-state index in [1.165, 1.54) is 11.3 Å². The third-order valence-electron chi connectivity index (χ3n) is 2.83. The molecular formula is C12H18N2O3S. The van der Waals surface area contributed by atoms with Gasteiger partial charge in [-0.25, -0.2) is 9.78 Å². The predicted molar refractivity (Wildman–Crippen MR) is 70.6 cm³/mol. The maximum atomic E-state index is 11.0. The van der Waals surface area contributed by atoms with Crippen LogP contribution in [0.3, 0.4) is 0 Å². The number of thiazole rings is 1. The topological polar surface area (TPSA) is 62.7 Å². The van der Waals surface area contributed by atoms with Crippen LogP contribution in [0, 0.1) is 6.92 Å². The van der Waals surface area contributed by atoms with Crippen LogP contribution in [0.25, 0.3) is 0 Å². The van der Waals surface area contributed by atoms with Gasteiger partial charge in [0.2, 0.25) is 0 Å². The van der Waals surface area contributed by atoms with E-state index in [0.717, 1.165) is 23.1 Å². The third kappa shape index (κ3) is 2.64. The Kier molecular flexibility index (Phi) is 3.33. The molecule has 0 amide bonds. The fraction of sp³-hybridized carbons (Fsp3) is 0.667. The summed E-state index contributed by atoms with van der Waals surface area (Å²) in [7, 11) is 0. The second-order valence-corrected chi connectivity index (χ2v) is 6.46. The van der Waals surface area contributed by atoms with Gasteiger partial charge in [-0.05, 0) is 27.7 Å². The molecule has 0 saturated carbocycles. The van der Waals surface area contributed by atoms with Crippen LogP contribution in [0.1, 0.15) is 36.1 Å². The number of rotatable bonds is 2. The molecule has 1 N–H and O–H groups in total. The summed E-state index contributed by atoms with van der Waals surface area (Å²) in [5.41, 5.74) is -0.0763. The lowest BCUT2D eigenvalue weighted by molar-refractivity contribution is -0.0749. The second kappa shape index (κ2) is 4.51. The molecule has 1 aromatic heterocycles. The summed E-state index contributed by atoms with van der Waals surface area (Å²) in [5, 5.41) is 9.80. The Morgan fingerprint density at radius 2 is 2.28 bits per heavy atom. The molecule has 6 heteroatoms. The van der Waals surface area contributed by atoms with Crippen LogP contribution >= 0.6 is 11.3 Å². The number of carboxylic acid groups (broad SMARTS) is 1. The molecule has 1 fully saturated rings. The molecule has 1 unspecified atom stereocenters. The van der Waals surface area contributed by atoms with Gasteiger partial charge in [-0.1, -0.05) is 0 Å². The van der Waals surface area contributed by atoms with Gasteiger partial charge in [-0.15, -0.1) is 11.3 Å². The molecule has 0 spiro atoms. The lowest BCUT2D eigenvalue weighted by atomic mass is 10.1. The van der Waals surface area contributed by atoms with Crippen molar-refractivity contribution in [2.24, 2.45) is 0 Å². The number of carboxylic acids is 1. The average molecular weight is 270 g/mol. The number of aryl methyl sites for hydroxylation is 1. The molecule has 1 aromatic rings. The normalized spacial score (nSPS) is 23.1. The molecule has 0 aliphatic carbocycles. The standard InChI is InChI=1S/C12H18N2O3S/c1-7-5-14(6-12(3,4)17-7)11-13-9(10(15)16)8(2)18-11/h7H,5-6H2,1-4H3,(H,15,16). The van der Waals surface area contributed by atoms with E-state index in [2.05, 4.69) is 9.88 Å². The van der Waals surface area contributed by atoms with Gasteiger partial charge in [0.15, 0.2) is 10.8 Å². The lowest BCUT2D eigenvalue weighted by Gasteiger charge is -2.41. The zero-order chi connectivity index (χ0) is 13.5. The van der Waals surface area contributed by atoms with Crippen LogP contribution in [-0.4, -0.2) is 40.9 Å². The smallest absolute Gasteiger partial charge is 0.355 e. The van der Waals surface area contributed by atoms with E-state index in [0.29, 0.717) is 0 Å². The second-order valence-electron chi connectivity index (χ2n) is 5.28. The summed E-state index contributed by atoms with van der Waals surface area (Å²) in [6.07, 6.45) is 0.117. The van der Waals surface area contributed by atoms with Crippen molar-refractivity contribution >= 4 is 22.4 Å². The van der Waals surface area contributed by atoms with Crippen molar-refractivity contribution in [2.75, 3.05) is 18.0 Å². The first kappa shape index (κ1) is 13.3. The molecule has 0 radical (unpaired) electrons. The quantitative estimate of drug-likeness (QED) is 0.892. The molecule has 1 aliphatic rings. The average Bonchev–Trinajstić information content (AvgIpc) is 2.57. The van der Waals surface area contributed by atoms with Crippen molar-refractivity contribution in [1.82, 2.24) is 4.98 Å². The van der Waals surface area contributed by atoms with Gasteiger partial charge in [-0.3, -0.25) is 0 Å². The van der Waals surface area contributed by atoms with Crippen LogP contribution in [0.2, 0.25) is 0 Å². The molecule has 1 atom stereocenters. The van der Waals surface area contributed by atoms with Gasteiger partial charge in [0.1, 0.15) is 0 Å². The summed E-state index contributed by atoms with van der Waals surface area (Å²) in [6.45, 7) is 9.35. The molecule has 100 valence electrons. The highest BCUT2D eigenvalue weighted by Crippen LogP contribution is 2.30. The highest BCUT2D eigenvalue weighted by atomic mass is 32.1. The monoisotopic (exact) mass is 270 g/mol. The summed E-state index contributed by atoms with van der Waals surface area (Å²) >= 11 is 1.43. The molecule has 0 aromatic carbocycles. The zero-order valence-corrected chi connectivity index (χ0v) is 11.9. The molecule has 2 heterocycles. The minimum atomic E-state index is -0.962.